The van der Waals surface area contributed by atoms with Crippen LogP contribution in [0.3, 0.4) is 0 Å². The van der Waals surface area contributed by atoms with E-state index < -0.39 is 17.8 Å². The molecule has 31 heavy (non-hydrogen) atoms. The summed E-state index contributed by atoms with van der Waals surface area (Å²) in [7, 11) is 0. The van der Waals surface area contributed by atoms with Gasteiger partial charge in [-0.1, -0.05) is 65.3 Å². The highest BCUT2D eigenvalue weighted by molar-refractivity contribution is 5.33. The molecule has 10 atom stereocenters. The monoisotopic (exact) mass is 430 g/mol. The van der Waals surface area contributed by atoms with E-state index in [-0.39, 0.29) is 10.8 Å². The SMILES string of the molecule is CC(C)[C@@H](C)/C=C\[C@H](C)[C@H]1CC[C@@H]2C3=C[C@@H](O)[C@@]4(O)C[C@@H](O)CC[C@]4(C)[C@@H]3CC[C@@]21C. The zero-order chi connectivity index (χ0) is 22.8. The largest absolute Gasteiger partial charge is 0.393 e. The topological polar surface area (TPSA) is 60.7 Å². The Kier molecular flexibility index (Phi) is 6.06. The molecule has 0 aromatic carbocycles. The quantitative estimate of drug-likeness (QED) is 0.516. The molecule has 4 aliphatic carbocycles. The predicted molar refractivity (Wildman–Crippen MR) is 126 cm³/mol. The molecule has 0 bridgehead atoms. The summed E-state index contributed by atoms with van der Waals surface area (Å²) in [4.78, 5) is 0. The van der Waals surface area contributed by atoms with E-state index in [2.05, 4.69) is 53.7 Å². The first kappa shape index (κ1) is 23.5. The number of rotatable bonds is 4. The van der Waals surface area contributed by atoms with Crippen LogP contribution in [0.5, 0.6) is 0 Å². The highest BCUT2D eigenvalue weighted by atomic mass is 16.3. The van der Waals surface area contributed by atoms with E-state index in [1.165, 1.54) is 24.8 Å². The lowest BCUT2D eigenvalue weighted by Crippen LogP contribution is -2.65. The average molecular weight is 431 g/mol. The zero-order valence-corrected chi connectivity index (χ0v) is 20.6. The number of fused-ring (bicyclic) bond motifs is 5. The Balaban J connectivity index is 1.61. The Bertz CT molecular complexity index is 741. The fourth-order valence-corrected chi connectivity index (χ4v) is 8.16. The van der Waals surface area contributed by atoms with Gasteiger partial charge >= 0.3 is 0 Å². The number of aliphatic hydroxyl groups is 3. The third-order valence-corrected chi connectivity index (χ3v) is 10.7. The molecule has 3 nitrogen and oxygen atoms in total. The number of hydrogen-bond acceptors (Lipinski definition) is 3. The van der Waals surface area contributed by atoms with Gasteiger partial charge in [0.25, 0.3) is 0 Å². The van der Waals surface area contributed by atoms with Gasteiger partial charge < -0.3 is 15.3 Å². The van der Waals surface area contributed by atoms with E-state index in [0.29, 0.717) is 41.9 Å². The van der Waals surface area contributed by atoms with Gasteiger partial charge in [0.15, 0.2) is 0 Å². The van der Waals surface area contributed by atoms with Crippen LogP contribution < -0.4 is 0 Å². The standard InChI is InChI=1S/C28H46O3/c1-17(2)18(3)7-8-19(4)22-9-10-23-21-15-25(30)28(31)16-20(29)11-14-27(28,6)24(21)12-13-26(22,23)5/h7-8,15,17-20,22-25,29-31H,9-14,16H2,1-6H3/b8-7-/t18-,19-,20-,22+,23+,24+,25+,26+,27+,28-/m0/s1. The van der Waals surface area contributed by atoms with Crippen molar-refractivity contribution in [1.29, 1.82) is 0 Å². The van der Waals surface area contributed by atoms with Crippen LogP contribution in [0, 0.1) is 46.3 Å². The lowest BCUT2D eigenvalue weighted by Gasteiger charge is -2.62. The van der Waals surface area contributed by atoms with Crippen LogP contribution >= 0.6 is 0 Å². The summed E-state index contributed by atoms with van der Waals surface area (Å²) in [6.07, 6.45) is 12.1. The second-order valence-corrected chi connectivity index (χ2v) is 12.5. The van der Waals surface area contributed by atoms with Crippen molar-refractivity contribution in [1.82, 2.24) is 0 Å². The van der Waals surface area contributed by atoms with Crippen LogP contribution in [-0.4, -0.2) is 33.1 Å². The maximum absolute atomic E-state index is 11.6. The van der Waals surface area contributed by atoms with Gasteiger partial charge in [-0.25, -0.2) is 0 Å². The van der Waals surface area contributed by atoms with E-state index in [1.54, 1.807) is 0 Å². The molecule has 0 saturated heterocycles. The van der Waals surface area contributed by atoms with Crippen molar-refractivity contribution in [2.75, 3.05) is 0 Å². The Labute approximate surface area is 190 Å². The van der Waals surface area contributed by atoms with Gasteiger partial charge in [-0.05, 0) is 79.4 Å². The molecule has 3 saturated carbocycles. The minimum Gasteiger partial charge on any atom is -0.393 e. The molecule has 0 aliphatic heterocycles. The van der Waals surface area contributed by atoms with Gasteiger partial charge in [0, 0.05) is 11.8 Å². The second-order valence-electron chi connectivity index (χ2n) is 12.5. The average Bonchev–Trinajstić information content (AvgIpc) is 3.05. The van der Waals surface area contributed by atoms with E-state index in [9.17, 15) is 15.3 Å². The first-order valence-corrected chi connectivity index (χ1v) is 12.9. The fourth-order valence-electron chi connectivity index (χ4n) is 8.16. The maximum Gasteiger partial charge on any atom is 0.102 e. The van der Waals surface area contributed by atoms with Crippen LogP contribution in [0.15, 0.2) is 23.8 Å². The van der Waals surface area contributed by atoms with Crippen LogP contribution in [0.1, 0.15) is 86.5 Å². The molecule has 0 unspecified atom stereocenters. The van der Waals surface area contributed by atoms with Crippen molar-refractivity contribution in [2.24, 2.45) is 46.3 Å². The molecule has 0 amide bonds. The summed E-state index contributed by atoms with van der Waals surface area (Å²) < 4.78 is 0. The van der Waals surface area contributed by atoms with Crippen LogP contribution in [0.4, 0.5) is 0 Å². The minimum absolute atomic E-state index is 0.271. The van der Waals surface area contributed by atoms with Gasteiger partial charge in [-0.2, -0.15) is 0 Å². The van der Waals surface area contributed by atoms with Crippen molar-refractivity contribution in [3.05, 3.63) is 23.8 Å². The molecular weight excluding hydrogens is 384 g/mol. The molecule has 3 fully saturated rings. The molecule has 0 spiro atoms. The first-order valence-electron chi connectivity index (χ1n) is 12.9. The van der Waals surface area contributed by atoms with E-state index in [4.69, 9.17) is 0 Å². The highest BCUT2D eigenvalue weighted by Gasteiger charge is 2.64. The molecule has 4 rings (SSSR count). The third kappa shape index (κ3) is 3.49. The first-order chi connectivity index (χ1) is 14.4. The van der Waals surface area contributed by atoms with Crippen molar-refractivity contribution in [3.8, 4) is 0 Å². The summed E-state index contributed by atoms with van der Waals surface area (Å²) in [5.74, 6) is 3.37. The van der Waals surface area contributed by atoms with Gasteiger partial charge in [-0.3, -0.25) is 0 Å². The molecular formula is C28H46O3. The number of allylic oxidation sites excluding steroid dienone is 3. The Morgan fingerprint density at radius 2 is 1.65 bits per heavy atom. The molecule has 3 N–H and O–H groups in total. The Hall–Kier alpha value is -0.640. The van der Waals surface area contributed by atoms with Crippen LogP contribution in [0.2, 0.25) is 0 Å². The molecule has 0 heterocycles. The smallest absolute Gasteiger partial charge is 0.102 e. The summed E-state index contributed by atoms with van der Waals surface area (Å²) in [5.41, 5.74) is 0.160. The van der Waals surface area contributed by atoms with Crippen LogP contribution in [0.25, 0.3) is 0 Å². The molecule has 4 aliphatic rings. The van der Waals surface area contributed by atoms with Crippen LogP contribution in [-0.2, 0) is 0 Å². The Morgan fingerprint density at radius 1 is 0.935 bits per heavy atom. The zero-order valence-electron chi connectivity index (χ0n) is 20.6. The predicted octanol–water partition coefficient (Wildman–Crippen LogP) is 5.50. The van der Waals surface area contributed by atoms with E-state index >= 15 is 0 Å². The Morgan fingerprint density at radius 3 is 2.32 bits per heavy atom. The second kappa shape index (κ2) is 7.99. The van der Waals surface area contributed by atoms with Gasteiger partial charge in [0.1, 0.15) is 11.7 Å². The molecule has 3 heteroatoms. The maximum atomic E-state index is 11.6. The fraction of sp³-hybridized carbons (Fsp3) is 0.857. The molecule has 0 aromatic rings. The van der Waals surface area contributed by atoms with Gasteiger partial charge in [-0.15, -0.1) is 0 Å². The summed E-state index contributed by atoms with van der Waals surface area (Å²) >= 11 is 0. The summed E-state index contributed by atoms with van der Waals surface area (Å²) in [6.45, 7) is 14.0. The van der Waals surface area contributed by atoms with Crippen molar-refractivity contribution in [3.63, 3.8) is 0 Å². The normalized spacial score (nSPS) is 49.4. The van der Waals surface area contributed by atoms with E-state index in [0.717, 1.165) is 19.3 Å². The van der Waals surface area contributed by atoms with Gasteiger partial charge in [0.2, 0.25) is 0 Å². The molecule has 0 aromatic heterocycles. The van der Waals surface area contributed by atoms with Gasteiger partial charge in [0.05, 0.1) is 6.10 Å². The van der Waals surface area contributed by atoms with E-state index in [1.807, 2.05) is 6.08 Å². The van der Waals surface area contributed by atoms with Crippen molar-refractivity contribution < 1.29 is 15.3 Å². The third-order valence-electron chi connectivity index (χ3n) is 10.7. The highest BCUT2D eigenvalue weighted by Crippen LogP contribution is 2.67. The minimum atomic E-state index is -1.20. The lowest BCUT2D eigenvalue weighted by atomic mass is 9.45. The summed E-state index contributed by atoms with van der Waals surface area (Å²) in [5, 5.41) is 32.9. The molecule has 0 radical (unpaired) electrons. The molecule has 176 valence electrons. The van der Waals surface area contributed by atoms with Crippen molar-refractivity contribution >= 4 is 0 Å². The summed E-state index contributed by atoms with van der Waals surface area (Å²) in [6, 6.07) is 0. The number of aliphatic hydroxyl groups excluding tert-OH is 2. The lowest BCUT2D eigenvalue weighted by molar-refractivity contribution is -0.210. The van der Waals surface area contributed by atoms with Crippen molar-refractivity contribution in [2.45, 2.75) is 104 Å². The number of hydrogen-bond donors (Lipinski definition) is 3.